The molecule has 0 aliphatic rings. The molecule has 0 heterocycles. The first-order valence-electron chi connectivity index (χ1n) is 9.27. The van der Waals surface area contributed by atoms with Gasteiger partial charge in [-0.2, -0.15) is 0 Å². The molecule has 0 saturated heterocycles. The van der Waals surface area contributed by atoms with E-state index >= 15 is 0 Å². The number of unbranched alkanes of at least 4 members (excludes halogenated alkanes) is 1. The topological polar surface area (TPSA) is 125 Å². The van der Waals surface area contributed by atoms with Crippen molar-refractivity contribution in [2.45, 2.75) is 58.1 Å². The first kappa shape index (κ1) is 23.6. The quantitative estimate of drug-likeness (QED) is 0.512. The smallest absolute Gasteiger partial charge is 0.421 e. The van der Waals surface area contributed by atoms with Crippen LogP contribution in [0, 0.1) is 0 Å². The third kappa shape index (κ3) is 7.66. The van der Waals surface area contributed by atoms with Crippen molar-refractivity contribution in [2.24, 2.45) is 11.5 Å². The number of anilines is 1. The molecule has 1 aromatic carbocycles. The number of hydrogen-bond donors (Lipinski definition) is 2. The maximum Gasteiger partial charge on any atom is 0.421 e. The average molecular weight is 393 g/mol. The second-order valence-electron chi connectivity index (χ2n) is 7.46. The minimum absolute atomic E-state index is 0.0930. The number of hydrogen-bond acceptors (Lipinski definition) is 7. The molecule has 0 aromatic heterocycles. The maximum atomic E-state index is 12.9. The minimum atomic E-state index is -0.853. The number of benzene rings is 1. The Balaban J connectivity index is 3.07. The van der Waals surface area contributed by atoms with Crippen molar-refractivity contribution in [1.29, 1.82) is 0 Å². The lowest BCUT2D eigenvalue weighted by molar-refractivity contribution is -0.139. The lowest BCUT2D eigenvalue weighted by Crippen LogP contribution is -2.48. The molecular weight excluding hydrogens is 362 g/mol. The summed E-state index contributed by atoms with van der Waals surface area (Å²) in [7, 11) is 1.31. The van der Waals surface area contributed by atoms with Gasteiger partial charge in [0.15, 0.2) is 0 Å². The van der Waals surface area contributed by atoms with Crippen molar-refractivity contribution in [2.75, 3.05) is 18.6 Å². The number of carbonyl (C=O) groups excluding carboxylic acids is 3. The van der Waals surface area contributed by atoms with Crippen LogP contribution in [0.5, 0.6) is 0 Å². The van der Waals surface area contributed by atoms with Crippen LogP contribution in [-0.2, 0) is 25.5 Å². The van der Waals surface area contributed by atoms with Gasteiger partial charge in [-0.3, -0.25) is 9.59 Å². The summed E-state index contributed by atoms with van der Waals surface area (Å²) >= 11 is 0. The highest BCUT2D eigenvalue weighted by atomic mass is 16.6. The molecular formula is C20H31N3O5. The molecule has 0 aliphatic carbocycles. The van der Waals surface area contributed by atoms with E-state index in [1.54, 1.807) is 45.0 Å². The molecule has 0 unspecified atom stereocenters. The van der Waals surface area contributed by atoms with Crippen LogP contribution in [0.3, 0.4) is 0 Å². The predicted octanol–water partition coefficient (Wildman–Crippen LogP) is 2.13. The number of methoxy groups -OCH3 is 1. The van der Waals surface area contributed by atoms with E-state index in [-0.39, 0.29) is 12.4 Å². The Bertz CT molecular complexity index is 667. The van der Waals surface area contributed by atoms with Crippen molar-refractivity contribution in [1.82, 2.24) is 0 Å². The number of ether oxygens (including phenoxy) is 2. The van der Waals surface area contributed by atoms with Crippen LogP contribution in [-0.4, -0.2) is 43.3 Å². The van der Waals surface area contributed by atoms with Crippen molar-refractivity contribution in [3.05, 3.63) is 29.8 Å². The Morgan fingerprint density at radius 3 is 2.21 bits per heavy atom. The van der Waals surface area contributed by atoms with Gasteiger partial charge in [0.25, 0.3) is 5.91 Å². The third-order valence-electron chi connectivity index (χ3n) is 3.85. The van der Waals surface area contributed by atoms with E-state index < -0.39 is 23.6 Å². The van der Waals surface area contributed by atoms with E-state index in [2.05, 4.69) is 4.74 Å². The number of imide groups is 1. The monoisotopic (exact) mass is 393 g/mol. The summed E-state index contributed by atoms with van der Waals surface area (Å²) in [5, 5.41) is 0. The Labute approximate surface area is 166 Å². The van der Waals surface area contributed by atoms with E-state index in [1.165, 1.54) is 7.11 Å². The summed E-state index contributed by atoms with van der Waals surface area (Å²) in [5.41, 5.74) is 11.7. The van der Waals surface area contributed by atoms with Crippen LogP contribution in [0.4, 0.5) is 10.5 Å². The van der Waals surface area contributed by atoms with Crippen LogP contribution in [0.2, 0.25) is 0 Å². The molecule has 0 spiro atoms. The lowest BCUT2D eigenvalue weighted by atomic mass is 10.1. The molecule has 1 aromatic rings. The van der Waals surface area contributed by atoms with Crippen molar-refractivity contribution < 1.29 is 23.9 Å². The van der Waals surface area contributed by atoms with Crippen LogP contribution in [0.15, 0.2) is 24.3 Å². The molecule has 28 heavy (non-hydrogen) atoms. The normalized spacial score (nSPS) is 12.2. The van der Waals surface area contributed by atoms with E-state index in [0.717, 1.165) is 11.3 Å². The predicted molar refractivity (Wildman–Crippen MR) is 107 cm³/mol. The fourth-order valence-corrected chi connectivity index (χ4v) is 2.43. The van der Waals surface area contributed by atoms with Gasteiger partial charge in [0.1, 0.15) is 5.60 Å². The highest BCUT2D eigenvalue weighted by Crippen LogP contribution is 2.21. The molecule has 4 N–H and O–H groups in total. The van der Waals surface area contributed by atoms with Crippen LogP contribution in [0.1, 0.15) is 45.6 Å². The van der Waals surface area contributed by atoms with Gasteiger partial charge in [0.05, 0.1) is 25.3 Å². The summed E-state index contributed by atoms with van der Waals surface area (Å²) < 4.78 is 10.0. The Morgan fingerprint density at radius 2 is 1.71 bits per heavy atom. The molecule has 8 heteroatoms. The zero-order valence-corrected chi connectivity index (χ0v) is 17.1. The molecule has 0 radical (unpaired) electrons. The van der Waals surface area contributed by atoms with Crippen LogP contribution >= 0.6 is 0 Å². The number of carbonyl (C=O) groups is 3. The molecule has 1 atom stereocenters. The second-order valence-corrected chi connectivity index (χ2v) is 7.46. The summed E-state index contributed by atoms with van der Waals surface area (Å²) in [6.07, 6.45) is 1.14. The fourth-order valence-electron chi connectivity index (χ4n) is 2.43. The highest BCUT2D eigenvalue weighted by Gasteiger charge is 2.31. The molecule has 156 valence electrons. The van der Waals surface area contributed by atoms with E-state index in [4.69, 9.17) is 16.2 Å². The first-order valence-corrected chi connectivity index (χ1v) is 9.27. The molecule has 0 fully saturated rings. The largest absolute Gasteiger partial charge is 0.469 e. The summed E-state index contributed by atoms with van der Waals surface area (Å²) in [6, 6.07) is 5.60. The SMILES string of the molecule is COC(=O)Cc1ccc(N(C(=O)OC(C)(C)C)C(=O)[C@@H](N)CCCCN)cc1. The molecule has 2 amide bonds. The molecule has 8 nitrogen and oxygen atoms in total. The van der Waals surface area contributed by atoms with Gasteiger partial charge in [0.2, 0.25) is 0 Å². The van der Waals surface area contributed by atoms with Crippen molar-refractivity contribution in [3.8, 4) is 0 Å². The minimum Gasteiger partial charge on any atom is -0.469 e. The summed E-state index contributed by atoms with van der Waals surface area (Å²) in [4.78, 5) is 37.9. The average Bonchev–Trinajstić information content (AvgIpc) is 2.61. The van der Waals surface area contributed by atoms with Gasteiger partial charge in [-0.05, 0) is 57.9 Å². The van der Waals surface area contributed by atoms with Gasteiger partial charge in [0, 0.05) is 0 Å². The van der Waals surface area contributed by atoms with Gasteiger partial charge in [-0.25, -0.2) is 9.69 Å². The molecule has 0 saturated carbocycles. The second kappa shape index (κ2) is 10.8. The third-order valence-corrected chi connectivity index (χ3v) is 3.85. The molecule has 1 rings (SSSR count). The van der Waals surface area contributed by atoms with E-state index in [9.17, 15) is 14.4 Å². The zero-order chi connectivity index (χ0) is 21.3. The van der Waals surface area contributed by atoms with Crippen LogP contribution in [0.25, 0.3) is 0 Å². The van der Waals surface area contributed by atoms with Crippen LogP contribution < -0.4 is 16.4 Å². The van der Waals surface area contributed by atoms with E-state index in [0.29, 0.717) is 30.6 Å². The Hall–Kier alpha value is -2.45. The fraction of sp³-hybridized carbons (Fsp3) is 0.550. The van der Waals surface area contributed by atoms with Crippen molar-refractivity contribution in [3.63, 3.8) is 0 Å². The van der Waals surface area contributed by atoms with E-state index in [1.807, 2.05) is 0 Å². The number of amides is 2. The van der Waals surface area contributed by atoms with Gasteiger partial charge >= 0.3 is 12.1 Å². The summed E-state index contributed by atoms with van der Waals surface area (Å²) in [6.45, 7) is 5.66. The highest BCUT2D eigenvalue weighted by molar-refractivity contribution is 6.14. The Kier molecular flexibility index (Phi) is 9.08. The maximum absolute atomic E-state index is 12.9. The number of nitrogens with two attached hydrogens (primary N) is 2. The number of nitrogens with zero attached hydrogens (tertiary/aromatic N) is 1. The van der Waals surface area contributed by atoms with Gasteiger partial charge in [-0.1, -0.05) is 18.6 Å². The van der Waals surface area contributed by atoms with Crippen molar-refractivity contribution >= 4 is 23.7 Å². The summed E-state index contributed by atoms with van der Waals surface area (Å²) in [5.74, 6) is -0.929. The number of esters is 1. The standard InChI is InChI=1S/C20H31N3O5/c1-20(2,3)28-19(26)23(18(25)16(22)7-5-6-12-21)15-10-8-14(9-11-15)13-17(24)27-4/h8-11,16H,5-7,12-13,21-22H2,1-4H3/t16-/m0/s1. The van der Waals surface area contributed by atoms with Gasteiger partial charge in [-0.15, -0.1) is 0 Å². The molecule has 0 aliphatic heterocycles. The lowest BCUT2D eigenvalue weighted by Gasteiger charge is -2.28. The molecule has 0 bridgehead atoms. The first-order chi connectivity index (χ1) is 13.1. The Morgan fingerprint density at radius 1 is 1.11 bits per heavy atom. The zero-order valence-electron chi connectivity index (χ0n) is 17.1. The number of rotatable bonds is 8. The van der Waals surface area contributed by atoms with Gasteiger partial charge < -0.3 is 20.9 Å².